The first-order chi connectivity index (χ1) is 7.67. The van der Waals surface area contributed by atoms with Gasteiger partial charge in [-0.3, -0.25) is 0 Å². The summed E-state index contributed by atoms with van der Waals surface area (Å²) in [5.41, 5.74) is 6.29. The molecule has 0 saturated heterocycles. The Morgan fingerprint density at radius 1 is 1.38 bits per heavy atom. The Morgan fingerprint density at radius 2 is 2.06 bits per heavy atom. The molecule has 1 aliphatic rings. The van der Waals surface area contributed by atoms with Gasteiger partial charge in [0.05, 0.1) is 6.61 Å². The van der Waals surface area contributed by atoms with Gasteiger partial charge in [-0.05, 0) is 37.8 Å². The van der Waals surface area contributed by atoms with Crippen LogP contribution in [0.3, 0.4) is 0 Å². The molecule has 16 heavy (non-hydrogen) atoms. The second kappa shape index (κ2) is 4.37. The highest BCUT2D eigenvalue weighted by Crippen LogP contribution is 2.50. The minimum Gasteiger partial charge on any atom is -0.493 e. The van der Waals surface area contributed by atoms with Crippen LogP contribution in [-0.2, 0) is 0 Å². The first kappa shape index (κ1) is 11.3. The number of benzene rings is 1. The van der Waals surface area contributed by atoms with E-state index in [0.29, 0.717) is 24.8 Å². The Bertz CT molecular complexity index is 395. The molecule has 0 aromatic heterocycles. The van der Waals surface area contributed by atoms with Crippen molar-refractivity contribution in [1.82, 2.24) is 0 Å². The van der Waals surface area contributed by atoms with Crippen LogP contribution in [0.25, 0.3) is 0 Å². The van der Waals surface area contributed by atoms with Gasteiger partial charge >= 0.3 is 0 Å². The number of nitrogens with two attached hydrogens (primary N) is 1. The van der Waals surface area contributed by atoms with Crippen molar-refractivity contribution >= 4 is 0 Å². The lowest BCUT2D eigenvalue weighted by Crippen LogP contribution is -2.04. The van der Waals surface area contributed by atoms with E-state index < -0.39 is 11.6 Å². The Labute approximate surface area is 93.4 Å². The van der Waals surface area contributed by atoms with Crippen LogP contribution in [0.5, 0.6) is 5.75 Å². The molecule has 0 aliphatic heterocycles. The molecule has 1 aliphatic carbocycles. The lowest BCUT2D eigenvalue weighted by molar-refractivity contribution is 0.332. The second-order valence-electron chi connectivity index (χ2n) is 4.08. The van der Waals surface area contributed by atoms with Gasteiger partial charge in [0.2, 0.25) is 0 Å². The molecule has 0 amide bonds. The maximum atomic E-state index is 13.2. The van der Waals surface area contributed by atoms with Gasteiger partial charge in [-0.15, -0.1) is 0 Å². The number of halogens is 2. The predicted molar refractivity (Wildman–Crippen MR) is 57.4 cm³/mol. The van der Waals surface area contributed by atoms with Gasteiger partial charge in [0.15, 0.2) is 11.6 Å². The molecule has 4 heteroatoms. The summed E-state index contributed by atoms with van der Waals surface area (Å²) in [7, 11) is 0. The molecule has 1 saturated carbocycles. The van der Waals surface area contributed by atoms with Crippen LogP contribution in [0.2, 0.25) is 0 Å². The van der Waals surface area contributed by atoms with Crippen molar-refractivity contribution in [2.45, 2.75) is 19.3 Å². The van der Waals surface area contributed by atoms with Gasteiger partial charge in [-0.25, -0.2) is 8.78 Å². The molecule has 0 radical (unpaired) electrons. The van der Waals surface area contributed by atoms with Crippen molar-refractivity contribution in [3.63, 3.8) is 0 Å². The Morgan fingerprint density at radius 3 is 2.62 bits per heavy atom. The molecular weight excluding hydrogens is 212 g/mol. The number of rotatable bonds is 4. The highest BCUT2D eigenvalue weighted by Gasteiger charge is 2.39. The lowest BCUT2D eigenvalue weighted by atomic mass is 10.1. The van der Waals surface area contributed by atoms with Crippen LogP contribution in [0.1, 0.15) is 24.8 Å². The van der Waals surface area contributed by atoms with Crippen LogP contribution in [0.15, 0.2) is 12.1 Å². The predicted octanol–water partition coefficient (Wildman–Crippen LogP) is 2.43. The fourth-order valence-electron chi connectivity index (χ4n) is 2.00. The number of hydrogen-bond acceptors (Lipinski definition) is 2. The van der Waals surface area contributed by atoms with Crippen molar-refractivity contribution in [2.24, 2.45) is 11.7 Å². The van der Waals surface area contributed by atoms with Crippen molar-refractivity contribution in [1.29, 1.82) is 0 Å². The van der Waals surface area contributed by atoms with Gasteiger partial charge < -0.3 is 10.5 Å². The van der Waals surface area contributed by atoms with E-state index in [1.54, 1.807) is 0 Å². The quantitative estimate of drug-likeness (QED) is 0.857. The van der Waals surface area contributed by atoms with E-state index in [1.165, 1.54) is 6.07 Å². The maximum absolute atomic E-state index is 13.2. The molecule has 0 spiro atoms. The molecule has 1 aromatic carbocycles. The van der Waals surface area contributed by atoms with Crippen molar-refractivity contribution in [3.05, 3.63) is 29.3 Å². The average molecular weight is 227 g/mol. The van der Waals surface area contributed by atoms with E-state index in [-0.39, 0.29) is 5.92 Å². The SMILES string of the molecule is CCOc1cc(F)c(F)cc1C1CC1CN. The summed E-state index contributed by atoms with van der Waals surface area (Å²) in [5.74, 6) is -0.633. The molecule has 1 fully saturated rings. The summed E-state index contributed by atoms with van der Waals surface area (Å²) in [6.07, 6.45) is 0.932. The van der Waals surface area contributed by atoms with E-state index in [1.807, 2.05) is 6.92 Å². The van der Waals surface area contributed by atoms with E-state index in [2.05, 4.69) is 0 Å². The fourth-order valence-corrected chi connectivity index (χ4v) is 2.00. The standard InChI is InChI=1S/C12H15F2NO/c1-2-16-12-5-11(14)10(13)4-9(12)8-3-7(8)6-15/h4-5,7-8H,2-3,6,15H2,1H3. The van der Waals surface area contributed by atoms with Crippen LogP contribution in [0.4, 0.5) is 8.78 Å². The molecule has 2 rings (SSSR count). The van der Waals surface area contributed by atoms with Crippen molar-refractivity contribution < 1.29 is 13.5 Å². The van der Waals surface area contributed by atoms with Crippen LogP contribution >= 0.6 is 0 Å². The number of hydrogen-bond donors (Lipinski definition) is 1. The maximum Gasteiger partial charge on any atom is 0.162 e. The third-order valence-corrected chi connectivity index (χ3v) is 2.98. The van der Waals surface area contributed by atoms with E-state index in [0.717, 1.165) is 18.1 Å². The molecule has 2 atom stereocenters. The summed E-state index contributed by atoms with van der Waals surface area (Å²) in [4.78, 5) is 0. The lowest BCUT2D eigenvalue weighted by Gasteiger charge is -2.10. The zero-order chi connectivity index (χ0) is 11.7. The normalized spacial score (nSPS) is 23.2. The Kier molecular flexibility index (Phi) is 3.10. The summed E-state index contributed by atoms with van der Waals surface area (Å²) in [6, 6.07) is 2.36. The van der Waals surface area contributed by atoms with Gasteiger partial charge in [0, 0.05) is 11.6 Å². The minimum absolute atomic E-state index is 0.224. The van der Waals surface area contributed by atoms with E-state index in [9.17, 15) is 8.78 Å². The fraction of sp³-hybridized carbons (Fsp3) is 0.500. The van der Waals surface area contributed by atoms with Gasteiger partial charge in [-0.1, -0.05) is 0 Å². The Balaban J connectivity index is 2.31. The minimum atomic E-state index is -0.864. The molecule has 2 unspecified atom stereocenters. The first-order valence-corrected chi connectivity index (χ1v) is 5.49. The van der Waals surface area contributed by atoms with Crippen LogP contribution in [0, 0.1) is 17.6 Å². The zero-order valence-corrected chi connectivity index (χ0v) is 9.17. The van der Waals surface area contributed by atoms with Crippen LogP contribution in [-0.4, -0.2) is 13.2 Å². The molecule has 0 bridgehead atoms. The average Bonchev–Trinajstić information content (AvgIpc) is 3.02. The highest BCUT2D eigenvalue weighted by molar-refractivity contribution is 5.40. The third-order valence-electron chi connectivity index (χ3n) is 2.98. The van der Waals surface area contributed by atoms with Crippen molar-refractivity contribution in [3.8, 4) is 5.75 Å². The largest absolute Gasteiger partial charge is 0.493 e. The van der Waals surface area contributed by atoms with E-state index >= 15 is 0 Å². The molecule has 0 heterocycles. The molecular formula is C12H15F2NO. The van der Waals surface area contributed by atoms with Crippen LogP contribution < -0.4 is 10.5 Å². The second-order valence-corrected chi connectivity index (χ2v) is 4.08. The Hall–Kier alpha value is -1.16. The van der Waals surface area contributed by atoms with Gasteiger partial charge in [-0.2, -0.15) is 0 Å². The molecule has 1 aromatic rings. The van der Waals surface area contributed by atoms with Gasteiger partial charge in [0.1, 0.15) is 5.75 Å². The van der Waals surface area contributed by atoms with Crippen molar-refractivity contribution in [2.75, 3.05) is 13.2 Å². The zero-order valence-electron chi connectivity index (χ0n) is 9.17. The molecule has 2 N–H and O–H groups in total. The summed E-state index contributed by atoms with van der Waals surface area (Å²) >= 11 is 0. The van der Waals surface area contributed by atoms with E-state index in [4.69, 9.17) is 10.5 Å². The number of ether oxygens (including phenoxy) is 1. The molecule has 88 valence electrons. The topological polar surface area (TPSA) is 35.2 Å². The third kappa shape index (κ3) is 2.02. The first-order valence-electron chi connectivity index (χ1n) is 5.49. The summed E-state index contributed by atoms with van der Waals surface area (Å²) in [5, 5.41) is 0. The van der Waals surface area contributed by atoms with Gasteiger partial charge in [0.25, 0.3) is 0 Å². The smallest absolute Gasteiger partial charge is 0.162 e. The highest BCUT2D eigenvalue weighted by atomic mass is 19.2. The summed E-state index contributed by atoms with van der Waals surface area (Å²) in [6.45, 7) is 2.84. The molecule has 2 nitrogen and oxygen atoms in total. The monoisotopic (exact) mass is 227 g/mol. The summed E-state index contributed by atoms with van der Waals surface area (Å²) < 4.78 is 31.5.